The number of thiazole rings is 1. The summed E-state index contributed by atoms with van der Waals surface area (Å²) in [6, 6.07) is 6.31. The lowest BCUT2D eigenvalue weighted by molar-refractivity contribution is -0.145. The van der Waals surface area contributed by atoms with Crippen molar-refractivity contribution in [2.75, 3.05) is 11.9 Å². The molecule has 13 nitrogen and oxygen atoms in total. The van der Waals surface area contributed by atoms with Gasteiger partial charge in [0.05, 0.1) is 17.8 Å². The van der Waals surface area contributed by atoms with E-state index in [1.165, 1.54) is 24.2 Å². The number of ether oxygens (including phenoxy) is 2. The minimum Gasteiger partial charge on any atom is -0.488 e. The summed E-state index contributed by atoms with van der Waals surface area (Å²) in [5, 5.41) is 23.2. The zero-order valence-electron chi connectivity index (χ0n) is 32.7. The summed E-state index contributed by atoms with van der Waals surface area (Å²) in [4.78, 5) is 66.0. The number of hydrogen-bond donors (Lipinski definition) is 4. The molecule has 4 heterocycles. The van der Waals surface area contributed by atoms with E-state index in [0.29, 0.717) is 30.3 Å². The molecule has 304 valence electrons. The highest BCUT2D eigenvalue weighted by molar-refractivity contribution is 7.14. The fourth-order valence-electron chi connectivity index (χ4n) is 9.07. The first-order valence-electron chi connectivity index (χ1n) is 21.0. The molecule has 3 aliphatic carbocycles. The number of amides is 3. The van der Waals surface area contributed by atoms with Gasteiger partial charge in [0.1, 0.15) is 41.3 Å². The average molecular weight is 799 g/mol. The number of pyridine rings is 1. The molecule has 5 atom stereocenters. The Hall–Kier alpha value is -4.72. The molecule has 4 fully saturated rings. The van der Waals surface area contributed by atoms with Crippen molar-refractivity contribution < 1.29 is 33.8 Å². The Morgan fingerprint density at radius 3 is 2.53 bits per heavy atom. The van der Waals surface area contributed by atoms with Gasteiger partial charge in [-0.2, -0.15) is 0 Å². The van der Waals surface area contributed by atoms with Crippen molar-refractivity contribution in [3.05, 3.63) is 47.4 Å². The van der Waals surface area contributed by atoms with E-state index in [0.717, 1.165) is 85.1 Å². The number of nitrogens with zero attached hydrogens (tertiary/aromatic N) is 3. The second-order valence-corrected chi connectivity index (χ2v) is 17.5. The van der Waals surface area contributed by atoms with E-state index in [-0.39, 0.29) is 31.4 Å². The Bertz CT molecular complexity index is 2010. The molecule has 0 bridgehead atoms. The number of benzene rings is 1. The van der Waals surface area contributed by atoms with Gasteiger partial charge in [-0.05, 0) is 88.8 Å². The van der Waals surface area contributed by atoms with Gasteiger partial charge in [-0.25, -0.2) is 19.6 Å². The third-order valence-corrected chi connectivity index (χ3v) is 13.2. The van der Waals surface area contributed by atoms with Crippen molar-refractivity contribution >= 4 is 51.2 Å². The summed E-state index contributed by atoms with van der Waals surface area (Å²) >= 11 is 1.55. The number of carbonyl (C=O) groups excluding carboxylic acids is 3. The number of carboxylic acid groups (broad SMARTS) is 1. The highest BCUT2D eigenvalue weighted by Gasteiger charge is 2.61. The van der Waals surface area contributed by atoms with Crippen LogP contribution in [-0.2, 0) is 19.1 Å². The van der Waals surface area contributed by atoms with Gasteiger partial charge in [0.15, 0.2) is 5.13 Å². The number of fused-ring (bicyclic) bond motifs is 3. The van der Waals surface area contributed by atoms with E-state index in [4.69, 9.17) is 19.4 Å². The van der Waals surface area contributed by atoms with Gasteiger partial charge in [0.2, 0.25) is 11.8 Å². The van der Waals surface area contributed by atoms with Gasteiger partial charge >= 0.3 is 12.1 Å². The maximum Gasteiger partial charge on any atom is 0.408 e. The Morgan fingerprint density at radius 2 is 1.72 bits per heavy atom. The first-order valence-corrected chi connectivity index (χ1v) is 21.8. The number of hydrogen-bond acceptors (Lipinski definition) is 10. The Kier molecular flexibility index (Phi) is 11.7. The van der Waals surface area contributed by atoms with Crippen molar-refractivity contribution in [3.8, 4) is 17.1 Å². The van der Waals surface area contributed by atoms with Crippen LogP contribution in [0.5, 0.6) is 5.75 Å². The lowest BCUT2D eigenvalue weighted by atomic mass is 9.96. The molecule has 57 heavy (non-hydrogen) atoms. The topological polar surface area (TPSA) is 172 Å². The summed E-state index contributed by atoms with van der Waals surface area (Å²) in [5.41, 5.74) is 1.72. The van der Waals surface area contributed by atoms with Crippen molar-refractivity contribution in [2.45, 2.75) is 146 Å². The number of aromatic nitrogens is 2. The highest BCUT2D eigenvalue weighted by Crippen LogP contribution is 2.45. The lowest BCUT2D eigenvalue weighted by Crippen LogP contribution is -2.56. The molecule has 14 heteroatoms. The van der Waals surface area contributed by atoms with Crippen LogP contribution in [-0.4, -0.2) is 86.3 Å². The largest absolute Gasteiger partial charge is 0.488 e. The van der Waals surface area contributed by atoms with Crippen LogP contribution in [0.1, 0.15) is 108 Å². The highest BCUT2D eigenvalue weighted by atomic mass is 32.1. The van der Waals surface area contributed by atoms with Crippen molar-refractivity contribution in [1.29, 1.82) is 0 Å². The number of alkyl carbamates (subject to hydrolysis) is 1. The van der Waals surface area contributed by atoms with Crippen LogP contribution in [0.15, 0.2) is 41.8 Å². The number of rotatable bonds is 8. The third kappa shape index (κ3) is 8.90. The number of aliphatic carboxylic acids is 1. The van der Waals surface area contributed by atoms with E-state index in [9.17, 15) is 24.3 Å². The molecule has 0 radical (unpaired) electrons. The number of carbonyl (C=O) groups is 4. The molecule has 0 unspecified atom stereocenters. The van der Waals surface area contributed by atoms with Gasteiger partial charge in [0, 0.05) is 35.2 Å². The van der Waals surface area contributed by atoms with Crippen molar-refractivity contribution in [2.24, 2.45) is 5.92 Å². The summed E-state index contributed by atoms with van der Waals surface area (Å²) in [6.07, 6.45) is 15.9. The molecule has 4 N–H and O–H groups in total. The number of allylic oxidation sites excluding steroid dienone is 1. The molecular weight excluding hydrogens is 745 g/mol. The molecule has 3 saturated carbocycles. The molecule has 1 aromatic carbocycles. The summed E-state index contributed by atoms with van der Waals surface area (Å²) in [5.74, 6) is -1.85. The standard InChI is InChI=1S/C43H54N6O7S/c1-26-18-19-31-33(20-26)45-34(35-25-57-41(46-35)44-28-13-7-5-8-14-28)22-37(31)55-30-21-36-38(50)48-43(40(52)53)23-27(43)12-6-3-2-4-9-17-32(39(51)49(36)24-30)47-42(54)56-29-15-10-11-16-29/h6,12,18-20,22,25,27-30,32,36H,2-5,7-11,13-17,21,23-24H2,1H3,(H,44,46)(H,47,54)(H,48,50)(H,52,53)/b12-6-/t27-,30+,32-,36-,43+/m0/s1. The van der Waals surface area contributed by atoms with Crippen molar-refractivity contribution in [3.63, 3.8) is 0 Å². The number of anilines is 1. The first-order chi connectivity index (χ1) is 27.6. The zero-order valence-corrected chi connectivity index (χ0v) is 33.5. The SMILES string of the molecule is Cc1ccc2c(O[C@@H]3C[C@H]4C(=O)N[C@]5(C(=O)O)C[C@@H]5/C=C\CCCCC[C@H](NC(=O)OC5CCCC5)C(=O)N4C3)cc(-c3csc(NC4CCCCC4)n3)nc2c1. The predicted molar refractivity (Wildman–Crippen MR) is 217 cm³/mol. The zero-order chi connectivity index (χ0) is 39.5. The molecule has 3 aromatic rings. The van der Waals surface area contributed by atoms with Gasteiger partial charge in [-0.3, -0.25) is 9.59 Å². The molecule has 8 rings (SSSR count). The Balaban J connectivity index is 1.08. The minimum absolute atomic E-state index is 0.0628. The molecule has 2 aromatic heterocycles. The predicted octanol–water partition coefficient (Wildman–Crippen LogP) is 7.28. The quantitative estimate of drug-likeness (QED) is 0.170. The van der Waals surface area contributed by atoms with Crippen LogP contribution >= 0.6 is 11.3 Å². The maximum absolute atomic E-state index is 14.6. The third-order valence-electron chi connectivity index (χ3n) is 12.4. The summed E-state index contributed by atoms with van der Waals surface area (Å²) in [6.45, 7) is 2.07. The fourth-order valence-corrected chi connectivity index (χ4v) is 9.86. The number of carboxylic acids is 1. The fraction of sp³-hybridized carbons (Fsp3) is 0.581. The molecular formula is C43H54N6O7S. The maximum atomic E-state index is 14.6. The van der Waals surface area contributed by atoms with Crippen LogP contribution in [0.3, 0.4) is 0 Å². The van der Waals surface area contributed by atoms with Crippen LogP contribution in [0.2, 0.25) is 0 Å². The van der Waals surface area contributed by atoms with E-state index < -0.39 is 47.6 Å². The Labute approximate surface area is 337 Å². The van der Waals surface area contributed by atoms with Crippen LogP contribution in [0.25, 0.3) is 22.3 Å². The summed E-state index contributed by atoms with van der Waals surface area (Å²) < 4.78 is 12.5. The Morgan fingerprint density at radius 1 is 0.947 bits per heavy atom. The molecule has 5 aliphatic rings. The average Bonchev–Trinajstić information content (AvgIpc) is 3.62. The van der Waals surface area contributed by atoms with E-state index >= 15 is 0 Å². The van der Waals surface area contributed by atoms with Gasteiger partial charge in [-0.1, -0.05) is 50.3 Å². The number of nitrogens with one attached hydrogen (secondary N) is 3. The van der Waals surface area contributed by atoms with E-state index in [2.05, 4.69) is 16.0 Å². The monoisotopic (exact) mass is 798 g/mol. The first kappa shape index (κ1) is 39.1. The van der Waals surface area contributed by atoms with Crippen molar-refractivity contribution in [1.82, 2.24) is 25.5 Å². The van der Waals surface area contributed by atoms with E-state index in [1.807, 2.05) is 48.7 Å². The lowest BCUT2D eigenvalue weighted by Gasteiger charge is -2.29. The second kappa shape index (κ2) is 17.0. The second-order valence-electron chi connectivity index (χ2n) is 16.7. The van der Waals surface area contributed by atoms with Gasteiger partial charge < -0.3 is 35.4 Å². The molecule has 1 saturated heterocycles. The summed E-state index contributed by atoms with van der Waals surface area (Å²) in [7, 11) is 0. The van der Waals surface area contributed by atoms with Crippen LogP contribution in [0.4, 0.5) is 9.93 Å². The molecule has 2 aliphatic heterocycles. The van der Waals surface area contributed by atoms with Gasteiger partial charge in [-0.15, -0.1) is 11.3 Å². The molecule has 3 amide bonds. The smallest absolute Gasteiger partial charge is 0.408 e. The van der Waals surface area contributed by atoms with E-state index in [1.54, 1.807) is 11.3 Å². The normalized spacial score (nSPS) is 28.1. The molecule has 0 spiro atoms. The number of aryl methyl sites for hydroxylation is 1. The van der Waals surface area contributed by atoms with Gasteiger partial charge in [0.25, 0.3) is 0 Å². The van der Waals surface area contributed by atoms with Crippen LogP contribution in [0, 0.1) is 12.8 Å². The minimum atomic E-state index is -1.43. The van der Waals surface area contributed by atoms with Crippen LogP contribution < -0.4 is 20.7 Å².